The molecule has 2 atom stereocenters. The largest absolute Gasteiger partial charge is 0.369 e. The van der Waals surface area contributed by atoms with Gasteiger partial charge in [0.05, 0.1) is 5.92 Å². The van der Waals surface area contributed by atoms with Gasteiger partial charge < -0.3 is 10.6 Å². The van der Waals surface area contributed by atoms with Gasteiger partial charge >= 0.3 is 0 Å². The fraction of sp³-hybridized carbons (Fsp3) is 0.556. The average molecular weight is 317 g/mol. The van der Waals surface area contributed by atoms with Crippen molar-refractivity contribution in [3.8, 4) is 0 Å². The maximum Gasteiger partial charge on any atom is 0.244 e. The minimum atomic E-state index is -0.335. The zero-order valence-corrected chi connectivity index (χ0v) is 14.1. The molecule has 2 N–H and O–H groups in total. The number of nitrogens with zero attached hydrogens (tertiary/aromatic N) is 2. The van der Waals surface area contributed by atoms with Gasteiger partial charge in [-0.25, -0.2) is 0 Å². The van der Waals surface area contributed by atoms with Gasteiger partial charge in [-0.1, -0.05) is 30.3 Å². The highest BCUT2D eigenvalue weighted by atomic mass is 16.2. The highest BCUT2D eigenvalue weighted by molar-refractivity contribution is 5.83. The normalized spacial score (nSPS) is 20.0. The third-order valence-corrected chi connectivity index (χ3v) is 4.64. The predicted molar refractivity (Wildman–Crippen MR) is 90.6 cm³/mol. The molecular weight excluding hydrogens is 290 g/mol. The molecule has 2 amide bonds. The van der Waals surface area contributed by atoms with Crippen LogP contribution < -0.4 is 5.73 Å². The molecular formula is C18H27N3O2. The number of rotatable bonds is 6. The molecule has 5 nitrogen and oxygen atoms in total. The van der Waals surface area contributed by atoms with Gasteiger partial charge in [-0.05, 0) is 38.8 Å². The van der Waals surface area contributed by atoms with Crippen molar-refractivity contribution in [1.82, 2.24) is 9.80 Å². The molecule has 1 heterocycles. The summed E-state index contributed by atoms with van der Waals surface area (Å²) in [6, 6.07) is 9.49. The molecule has 1 aromatic carbocycles. The van der Waals surface area contributed by atoms with E-state index < -0.39 is 0 Å². The van der Waals surface area contributed by atoms with E-state index in [0.717, 1.165) is 24.9 Å². The van der Waals surface area contributed by atoms with Crippen LogP contribution in [0.5, 0.6) is 0 Å². The van der Waals surface area contributed by atoms with Crippen molar-refractivity contribution in [3.05, 3.63) is 35.9 Å². The van der Waals surface area contributed by atoms with Crippen LogP contribution in [0, 0.1) is 5.92 Å². The van der Waals surface area contributed by atoms with Crippen molar-refractivity contribution < 1.29 is 9.59 Å². The summed E-state index contributed by atoms with van der Waals surface area (Å²) in [5.41, 5.74) is 6.48. The fourth-order valence-corrected chi connectivity index (χ4v) is 3.33. The summed E-state index contributed by atoms with van der Waals surface area (Å²) < 4.78 is 0. The second kappa shape index (κ2) is 8.11. The number of piperidine rings is 1. The lowest BCUT2D eigenvalue weighted by Crippen LogP contribution is -2.48. The van der Waals surface area contributed by atoms with Crippen LogP contribution in [-0.2, 0) is 9.59 Å². The topological polar surface area (TPSA) is 66.6 Å². The van der Waals surface area contributed by atoms with E-state index >= 15 is 0 Å². The van der Waals surface area contributed by atoms with E-state index in [1.54, 1.807) is 0 Å². The quantitative estimate of drug-likeness (QED) is 0.870. The van der Waals surface area contributed by atoms with Gasteiger partial charge in [-0.2, -0.15) is 0 Å². The van der Waals surface area contributed by atoms with Crippen molar-refractivity contribution in [2.45, 2.75) is 32.7 Å². The number of hydrogen-bond donors (Lipinski definition) is 1. The summed E-state index contributed by atoms with van der Waals surface area (Å²) in [7, 11) is 0. The van der Waals surface area contributed by atoms with Crippen LogP contribution in [-0.4, -0.2) is 47.8 Å². The maximum atomic E-state index is 13.0. The molecule has 0 bridgehead atoms. The van der Waals surface area contributed by atoms with E-state index in [2.05, 4.69) is 4.90 Å². The van der Waals surface area contributed by atoms with Gasteiger partial charge in [0.1, 0.15) is 6.04 Å². The Labute approximate surface area is 138 Å². The molecule has 126 valence electrons. The maximum absolute atomic E-state index is 13.0. The van der Waals surface area contributed by atoms with Crippen molar-refractivity contribution >= 4 is 11.8 Å². The van der Waals surface area contributed by atoms with E-state index in [9.17, 15) is 9.59 Å². The van der Waals surface area contributed by atoms with E-state index in [1.165, 1.54) is 0 Å². The first kappa shape index (κ1) is 17.5. The Morgan fingerprint density at radius 3 is 2.48 bits per heavy atom. The Hall–Kier alpha value is -1.88. The lowest BCUT2D eigenvalue weighted by molar-refractivity contribution is -0.139. The summed E-state index contributed by atoms with van der Waals surface area (Å²) in [6.45, 7) is 6.73. The van der Waals surface area contributed by atoms with Crippen LogP contribution in [0.25, 0.3) is 0 Å². The summed E-state index contributed by atoms with van der Waals surface area (Å²) >= 11 is 0. The average Bonchev–Trinajstić information content (AvgIpc) is 2.57. The summed E-state index contributed by atoms with van der Waals surface area (Å²) in [4.78, 5) is 28.6. The first-order valence-corrected chi connectivity index (χ1v) is 8.45. The number of carbonyl (C=O) groups is 2. The summed E-state index contributed by atoms with van der Waals surface area (Å²) in [5.74, 6) is -0.331. The predicted octanol–water partition coefficient (Wildman–Crippen LogP) is 1.79. The lowest BCUT2D eigenvalue weighted by atomic mass is 9.93. The molecule has 23 heavy (non-hydrogen) atoms. The van der Waals surface area contributed by atoms with Crippen LogP contribution >= 0.6 is 0 Å². The van der Waals surface area contributed by atoms with Crippen molar-refractivity contribution in [3.63, 3.8) is 0 Å². The third kappa shape index (κ3) is 4.10. The zero-order valence-electron chi connectivity index (χ0n) is 14.1. The Balaban J connectivity index is 2.30. The smallest absolute Gasteiger partial charge is 0.244 e. The molecule has 1 fully saturated rings. The number of amides is 2. The molecule has 0 unspecified atom stereocenters. The highest BCUT2D eigenvalue weighted by Crippen LogP contribution is 2.28. The van der Waals surface area contributed by atoms with Crippen LogP contribution in [0.4, 0.5) is 0 Å². The number of likely N-dealkylation sites (tertiary alicyclic amines) is 1. The molecule has 0 saturated carbocycles. The fourth-order valence-electron chi connectivity index (χ4n) is 3.33. The summed E-state index contributed by atoms with van der Waals surface area (Å²) in [6.07, 6.45) is 1.70. The monoisotopic (exact) mass is 317 g/mol. The van der Waals surface area contributed by atoms with Gasteiger partial charge in [0, 0.05) is 19.6 Å². The van der Waals surface area contributed by atoms with Gasteiger partial charge in [-0.3, -0.25) is 14.5 Å². The molecule has 2 rings (SSSR count). The Kier molecular flexibility index (Phi) is 6.16. The van der Waals surface area contributed by atoms with Crippen molar-refractivity contribution in [2.24, 2.45) is 11.7 Å². The number of benzene rings is 1. The third-order valence-electron chi connectivity index (χ3n) is 4.64. The molecule has 5 heteroatoms. The number of nitrogens with two attached hydrogens (primary N) is 1. The number of hydrogen-bond acceptors (Lipinski definition) is 3. The zero-order chi connectivity index (χ0) is 16.8. The first-order valence-electron chi connectivity index (χ1n) is 8.45. The SMILES string of the molecule is CCN(CC)C(=O)[C@@H](c1ccccc1)N1CCC[C@H](C(N)=O)C1. The molecule has 1 aliphatic rings. The molecule has 1 aliphatic heterocycles. The Bertz CT molecular complexity index is 528. The van der Waals surface area contributed by atoms with Gasteiger partial charge in [-0.15, -0.1) is 0 Å². The van der Waals surface area contributed by atoms with Crippen molar-refractivity contribution in [1.29, 1.82) is 0 Å². The van der Waals surface area contributed by atoms with Crippen molar-refractivity contribution in [2.75, 3.05) is 26.2 Å². The van der Waals surface area contributed by atoms with Crippen LogP contribution in [0.2, 0.25) is 0 Å². The second-order valence-corrected chi connectivity index (χ2v) is 6.06. The van der Waals surface area contributed by atoms with Gasteiger partial charge in [0.15, 0.2) is 0 Å². The Morgan fingerprint density at radius 1 is 1.26 bits per heavy atom. The van der Waals surface area contributed by atoms with Gasteiger partial charge in [0.2, 0.25) is 11.8 Å². The molecule has 1 saturated heterocycles. The first-order chi connectivity index (χ1) is 11.1. The lowest BCUT2D eigenvalue weighted by Gasteiger charge is -2.38. The minimum absolute atomic E-state index is 0.103. The molecule has 1 aromatic rings. The molecule has 0 spiro atoms. The van der Waals surface area contributed by atoms with E-state index in [1.807, 2.05) is 49.1 Å². The molecule has 0 radical (unpaired) electrons. The van der Waals surface area contributed by atoms with E-state index in [0.29, 0.717) is 19.6 Å². The molecule has 0 aromatic heterocycles. The number of likely N-dealkylation sites (N-methyl/N-ethyl adjacent to an activating group) is 1. The van der Waals surface area contributed by atoms with Crippen LogP contribution in [0.1, 0.15) is 38.3 Å². The summed E-state index contributed by atoms with van der Waals surface area (Å²) in [5, 5.41) is 0. The molecule has 0 aliphatic carbocycles. The van der Waals surface area contributed by atoms with E-state index in [-0.39, 0.29) is 23.8 Å². The van der Waals surface area contributed by atoms with Crippen LogP contribution in [0.3, 0.4) is 0 Å². The minimum Gasteiger partial charge on any atom is -0.369 e. The standard InChI is InChI=1S/C18H27N3O2/c1-3-20(4-2)18(23)16(14-9-6-5-7-10-14)21-12-8-11-15(13-21)17(19)22/h5-7,9-10,15-16H,3-4,8,11-13H2,1-2H3,(H2,19,22)/t15-,16+/m0/s1. The Morgan fingerprint density at radius 2 is 1.91 bits per heavy atom. The number of primary amides is 1. The second-order valence-electron chi connectivity index (χ2n) is 6.06. The highest BCUT2D eigenvalue weighted by Gasteiger charge is 2.34. The van der Waals surface area contributed by atoms with Crippen LogP contribution in [0.15, 0.2) is 30.3 Å². The number of carbonyl (C=O) groups excluding carboxylic acids is 2. The van der Waals surface area contributed by atoms with E-state index in [4.69, 9.17) is 5.73 Å². The van der Waals surface area contributed by atoms with Gasteiger partial charge in [0.25, 0.3) is 0 Å².